The first-order valence-corrected chi connectivity index (χ1v) is 8.25. The molecule has 0 amide bonds. The van der Waals surface area contributed by atoms with Crippen LogP contribution in [-0.4, -0.2) is 6.61 Å². The van der Waals surface area contributed by atoms with E-state index in [9.17, 15) is 0 Å². The summed E-state index contributed by atoms with van der Waals surface area (Å²) in [5, 5.41) is 4.72. The number of halogens is 3. The van der Waals surface area contributed by atoms with Gasteiger partial charge in [0, 0.05) is 21.1 Å². The Labute approximate surface area is 143 Å². The van der Waals surface area contributed by atoms with Gasteiger partial charge in [-0.2, -0.15) is 0 Å². The van der Waals surface area contributed by atoms with E-state index in [4.69, 9.17) is 27.9 Å². The standard InChI is InChI=1S/C16H16BrCl2NO/c1-2-7-21-16-6-5-13(18)9-15(16)20-10-11-3-4-12(17)8-14(11)19/h3-6,8-9,20H,2,7,10H2,1H3. The highest BCUT2D eigenvalue weighted by molar-refractivity contribution is 9.10. The third-order valence-electron chi connectivity index (χ3n) is 2.89. The molecule has 1 N–H and O–H groups in total. The maximum atomic E-state index is 6.22. The predicted molar refractivity (Wildman–Crippen MR) is 93.7 cm³/mol. The van der Waals surface area contributed by atoms with E-state index < -0.39 is 0 Å². The van der Waals surface area contributed by atoms with Gasteiger partial charge in [0.15, 0.2) is 0 Å². The van der Waals surface area contributed by atoms with Gasteiger partial charge in [-0.1, -0.05) is 52.1 Å². The van der Waals surface area contributed by atoms with Crippen LogP contribution in [-0.2, 0) is 6.54 Å². The Hall–Kier alpha value is -0.900. The molecule has 0 bridgehead atoms. The Bertz CT molecular complexity index is 619. The molecule has 5 heteroatoms. The Morgan fingerprint density at radius 2 is 1.95 bits per heavy atom. The fourth-order valence-corrected chi connectivity index (χ4v) is 2.75. The number of hydrogen-bond acceptors (Lipinski definition) is 2. The molecule has 0 aliphatic heterocycles. The Balaban J connectivity index is 2.12. The van der Waals surface area contributed by atoms with Crippen LogP contribution >= 0.6 is 39.1 Å². The van der Waals surface area contributed by atoms with Crippen LogP contribution in [0.15, 0.2) is 40.9 Å². The number of rotatable bonds is 6. The largest absolute Gasteiger partial charge is 0.491 e. The summed E-state index contributed by atoms with van der Waals surface area (Å²) in [5.74, 6) is 0.800. The van der Waals surface area contributed by atoms with Gasteiger partial charge in [0.1, 0.15) is 5.75 Å². The molecule has 0 saturated carbocycles. The molecule has 0 aliphatic rings. The molecule has 2 aromatic rings. The van der Waals surface area contributed by atoms with Crippen LogP contribution in [0.3, 0.4) is 0 Å². The lowest BCUT2D eigenvalue weighted by Crippen LogP contribution is -2.04. The van der Waals surface area contributed by atoms with Crippen molar-refractivity contribution >= 4 is 44.8 Å². The minimum absolute atomic E-state index is 0.606. The molecule has 0 heterocycles. The molecule has 0 fully saturated rings. The van der Waals surface area contributed by atoms with Crippen molar-refractivity contribution in [2.75, 3.05) is 11.9 Å². The molecule has 2 nitrogen and oxygen atoms in total. The zero-order valence-electron chi connectivity index (χ0n) is 11.6. The topological polar surface area (TPSA) is 21.3 Å². The van der Waals surface area contributed by atoms with Gasteiger partial charge in [-0.3, -0.25) is 0 Å². The maximum Gasteiger partial charge on any atom is 0.142 e. The van der Waals surface area contributed by atoms with Gasteiger partial charge in [-0.25, -0.2) is 0 Å². The maximum absolute atomic E-state index is 6.22. The smallest absolute Gasteiger partial charge is 0.142 e. The Kier molecular flexibility index (Phi) is 6.22. The SMILES string of the molecule is CCCOc1ccc(Cl)cc1NCc1ccc(Br)cc1Cl. The molecule has 0 radical (unpaired) electrons. The van der Waals surface area contributed by atoms with E-state index in [1.165, 1.54) is 0 Å². The first-order valence-electron chi connectivity index (χ1n) is 6.70. The number of benzene rings is 2. The van der Waals surface area contributed by atoms with Crippen molar-refractivity contribution in [2.45, 2.75) is 19.9 Å². The summed E-state index contributed by atoms with van der Waals surface area (Å²) in [6, 6.07) is 11.4. The second-order valence-electron chi connectivity index (χ2n) is 4.58. The second-order valence-corrected chi connectivity index (χ2v) is 6.34. The van der Waals surface area contributed by atoms with E-state index in [2.05, 4.69) is 28.2 Å². The Morgan fingerprint density at radius 1 is 1.14 bits per heavy atom. The lowest BCUT2D eigenvalue weighted by Gasteiger charge is -2.14. The minimum atomic E-state index is 0.606. The lowest BCUT2D eigenvalue weighted by molar-refractivity contribution is 0.319. The normalized spacial score (nSPS) is 10.5. The molecule has 2 aromatic carbocycles. The van der Waals surface area contributed by atoms with E-state index >= 15 is 0 Å². The Morgan fingerprint density at radius 3 is 2.67 bits per heavy atom. The van der Waals surface area contributed by atoms with Crippen molar-refractivity contribution in [3.05, 3.63) is 56.5 Å². The molecule has 0 unspecified atom stereocenters. The number of nitrogens with one attached hydrogen (secondary N) is 1. The number of anilines is 1. The van der Waals surface area contributed by atoms with E-state index in [-0.39, 0.29) is 0 Å². The van der Waals surface area contributed by atoms with Crippen molar-refractivity contribution in [1.82, 2.24) is 0 Å². The predicted octanol–water partition coefficient (Wildman–Crippen LogP) is 6.16. The van der Waals surface area contributed by atoms with Gasteiger partial charge in [0.05, 0.1) is 12.3 Å². The van der Waals surface area contributed by atoms with Gasteiger partial charge >= 0.3 is 0 Å². The van der Waals surface area contributed by atoms with Gasteiger partial charge in [0.2, 0.25) is 0 Å². The quantitative estimate of drug-likeness (QED) is 0.639. The van der Waals surface area contributed by atoms with Crippen molar-refractivity contribution in [2.24, 2.45) is 0 Å². The summed E-state index contributed by atoms with van der Waals surface area (Å²) in [6.45, 7) is 3.36. The van der Waals surface area contributed by atoms with Gasteiger partial charge in [-0.05, 0) is 42.3 Å². The van der Waals surface area contributed by atoms with Crippen molar-refractivity contribution < 1.29 is 4.74 Å². The lowest BCUT2D eigenvalue weighted by atomic mass is 10.2. The molecule has 21 heavy (non-hydrogen) atoms. The van der Waals surface area contributed by atoms with Crippen LogP contribution in [0.5, 0.6) is 5.75 Å². The van der Waals surface area contributed by atoms with E-state index in [1.54, 1.807) is 0 Å². The van der Waals surface area contributed by atoms with Crippen LogP contribution in [0.2, 0.25) is 10.0 Å². The fourth-order valence-electron chi connectivity index (χ4n) is 1.83. The van der Waals surface area contributed by atoms with Gasteiger partial charge < -0.3 is 10.1 Å². The average molecular weight is 389 g/mol. The first-order chi connectivity index (χ1) is 10.1. The van der Waals surface area contributed by atoms with E-state index in [0.717, 1.165) is 32.9 Å². The van der Waals surface area contributed by atoms with Crippen LogP contribution < -0.4 is 10.1 Å². The molecule has 112 valence electrons. The van der Waals surface area contributed by atoms with Crippen LogP contribution in [0.4, 0.5) is 5.69 Å². The number of ether oxygens (including phenoxy) is 1. The van der Waals surface area contributed by atoms with Crippen LogP contribution in [0.1, 0.15) is 18.9 Å². The summed E-state index contributed by atoms with van der Waals surface area (Å²) in [4.78, 5) is 0. The van der Waals surface area contributed by atoms with Gasteiger partial charge in [0.25, 0.3) is 0 Å². The van der Waals surface area contributed by atoms with Crippen molar-refractivity contribution in [3.63, 3.8) is 0 Å². The summed E-state index contributed by atoms with van der Waals surface area (Å²) in [5.41, 5.74) is 1.89. The molecule has 2 rings (SSSR count). The average Bonchev–Trinajstić information content (AvgIpc) is 2.45. The summed E-state index contributed by atoms with van der Waals surface area (Å²) in [6.07, 6.45) is 0.959. The highest BCUT2D eigenvalue weighted by Gasteiger charge is 2.06. The third-order valence-corrected chi connectivity index (χ3v) is 3.97. The van der Waals surface area contributed by atoms with E-state index in [0.29, 0.717) is 18.2 Å². The minimum Gasteiger partial charge on any atom is -0.491 e. The third kappa shape index (κ3) is 4.80. The molecule has 0 aliphatic carbocycles. The molecule has 0 spiro atoms. The molecular weight excluding hydrogens is 373 g/mol. The first kappa shape index (κ1) is 16.5. The fraction of sp³-hybridized carbons (Fsp3) is 0.250. The molecule has 0 atom stereocenters. The van der Waals surface area contributed by atoms with Crippen LogP contribution in [0.25, 0.3) is 0 Å². The van der Waals surface area contributed by atoms with Crippen molar-refractivity contribution in [1.29, 1.82) is 0 Å². The summed E-state index contributed by atoms with van der Waals surface area (Å²) >= 11 is 15.7. The summed E-state index contributed by atoms with van der Waals surface area (Å²) in [7, 11) is 0. The second kappa shape index (κ2) is 7.92. The van der Waals surface area contributed by atoms with E-state index in [1.807, 2.05) is 36.4 Å². The highest BCUT2D eigenvalue weighted by atomic mass is 79.9. The zero-order chi connectivity index (χ0) is 15.2. The van der Waals surface area contributed by atoms with Gasteiger partial charge in [-0.15, -0.1) is 0 Å². The molecule has 0 aromatic heterocycles. The molecular formula is C16H16BrCl2NO. The molecule has 0 saturated heterocycles. The zero-order valence-corrected chi connectivity index (χ0v) is 14.7. The number of hydrogen-bond donors (Lipinski definition) is 1. The van der Waals surface area contributed by atoms with Crippen LogP contribution in [0, 0.1) is 0 Å². The highest BCUT2D eigenvalue weighted by Crippen LogP contribution is 2.29. The monoisotopic (exact) mass is 387 g/mol. The van der Waals surface area contributed by atoms with Crippen molar-refractivity contribution in [3.8, 4) is 5.75 Å². The summed E-state index contributed by atoms with van der Waals surface area (Å²) < 4.78 is 6.68.